The van der Waals surface area contributed by atoms with Gasteiger partial charge in [0.25, 0.3) is 0 Å². The SMILES string of the molecule is CCCNc1ccc(S(=O)(=O)N2CCOCC2CC)cc1. The van der Waals surface area contributed by atoms with Crippen molar-refractivity contribution < 1.29 is 13.2 Å². The Balaban J connectivity index is 2.18. The number of nitrogens with zero attached hydrogens (tertiary/aromatic N) is 1. The maximum absolute atomic E-state index is 12.7. The van der Waals surface area contributed by atoms with E-state index in [1.54, 1.807) is 16.4 Å². The Bertz CT molecular complexity index is 543. The Morgan fingerprint density at radius 1 is 1.29 bits per heavy atom. The van der Waals surface area contributed by atoms with Crippen molar-refractivity contribution in [1.29, 1.82) is 0 Å². The van der Waals surface area contributed by atoms with E-state index in [1.165, 1.54) is 0 Å². The fourth-order valence-corrected chi connectivity index (χ4v) is 4.10. The summed E-state index contributed by atoms with van der Waals surface area (Å²) in [5.41, 5.74) is 0.949. The van der Waals surface area contributed by atoms with Crippen molar-refractivity contribution in [2.45, 2.75) is 37.6 Å². The maximum Gasteiger partial charge on any atom is 0.243 e. The van der Waals surface area contributed by atoms with Crippen LogP contribution in [0.15, 0.2) is 29.2 Å². The second-order valence-corrected chi connectivity index (χ2v) is 7.09. The van der Waals surface area contributed by atoms with E-state index in [9.17, 15) is 8.42 Å². The quantitative estimate of drug-likeness (QED) is 0.876. The van der Waals surface area contributed by atoms with Crippen LogP contribution in [0.4, 0.5) is 5.69 Å². The Morgan fingerprint density at radius 2 is 2.00 bits per heavy atom. The molecule has 0 bridgehead atoms. The smallest absolute Gasteiger partial charge is 0.243 e. The Morgan fingerprint density at radius 3 is 2.62 bits per heavy atom. The molecule has 1 N–H and O–H groups in total. The first-order chi connectivity index (χ1) is 10.1. The fraction of sp³-hybridized carbons (Fsp3) is 0.600. The first-order valence-corrected chi connectivity index (χ1v) is 8.97. The summed E-state index contributed by atoms with van der Waals surface area (Å²) < 4.78 is 32.4. The third kappa shape index (κ3) is 3.75. The van der Waals surface area contributed by atoms with Gasteiger partial charge >= 0.3 is 0 Å². The summed E-state index contributed by atoms with van der Waals surface area (Å²) in [5, 5.41) is 3.24. The zero-order chi connectivity index (χ0) is 15.3. The van der Waals surface area contributed by atoms with Gasteiger partial charge in [0.1, 0.15) is 0 Å². The number of benzene rings is 1. The van der Waals surface area contributed by atoms with Gasteiger partial charge in [0.15, 0.2) is 0 Å². The van der Waals surface area contributed by atoms with Crippen molar-refractivity contribution in [3.05, 3.63) is 24.3 Å². The molecule has 0 saturated carbocycles. The number of morpholine rings is 1. The van der Waals surface area contributed by atoms with Crippen LogP contribution in [0.1, 0.15) is 26.7 Å². The fourth-order valence-electron chi connectivity index (χ4n) is 2.43. The van der Waals surface area contributed by atoms with E-state index in [0.717, 1.165) is 25.1 Å². The number of sulfonamides is 1. The van der Waals surface area contributed by atoms with E-state index >= 15 is 0 Å². The molecular weight excluding hydrogens is 288 g/mol. The van der Waals surface area contributed by atoms with E-state index in [0.29, 0.717) is 24.7 Å². The summed E-state index contributed by atoms with van der Waals surface area (Å²) in [6.07, 6.45) is 1.79. The summed E-state index contributed by atoms with van der Waals surface area (Å²) in [6.45, 7) is 6.33. The van der Waals surface area contributed by atoms with E-state index in [1.807, 2.05) is 19.1 Å². The Labute approximate surface area is 127 Å². The normalized spacial score (nSPS) is 20.4. The molecule has 0 aliphatic carbocycles. The summed E-state index contributed by atoms with van der Waals surface area (Å²) in [5.74, 6) is 0. The van der Waals surface area contributed by atoms with Gasteiger partial charge in [0, 0.05) is 24.8 Å². The van der Waals surface area contributed by atoms with Crippen molar-refractivity contribution in [3.8, 4) is 0 Å². The van der Waals surface area contributed by atoms with Gasteiger partial charge in [-0.05, 0) is 37.1 Å². The van der Waals surface area contributed by atoms with Gasteiger partial charge in [-0.3, -0.25) is 0 Å². The predicted octanol–water partition coefficient (Wildman–Crippen LogP) is 2.31. The Kier molecular flexibility index (Phi) is 5.61. The van der Waals surface area contributed by atoms with Gasteiger partial charge in [-0.1, -0.05) is 13.8 Å². The highest BCUT2D eigenvalue weighted by Gasteiger charge is 2.32. The topological polar surface area (TPSA) is 58.6 Å². The van der Waals surface area contributed by atoms with E-state index in [2.05, 4.69) is 12.2 Å². The summed E-state index contributed by atoms with van der Waals surface area (Å²) in [4.78, 5) is 0.352. The molecule has 1 atom stereocenters. The monoisotopic (exact) mass is 312 g/mol. The third-order valence-corrected chi connectivity index (χ3v) is 5.65. The molecule has 1 aromatic rings. The zero-order valence-electron chi connectivity index (χ0n) is 12.7. The lowest BCUT2D eigenvalue weighted by molar-refractivity contribution is 0.0314. The van der Waals surface area contributed by atoms with Gasteiger partial charge in [0.2, 0.25) is 10.0 Å². The van der Waals surface area contributed by atoms with Crippen LogP contribution >= 0.6 is 0 Å². The second-order valence-electron chi connectivity index (χ2n) is 5.20. The van der Waals surface area contributed by atoms with Crippen LogP contribution < -0.4 is 5.32 Å². The average molecular weight is 312 g/mol. The van der Waals surface area contributed by atoms with Crippen LogP contribution in [0.25, 0.3) is 0 Å². The lowest BCUT2D eigenvalue weighted by atomic mass is 10.2. The molecule has 0 spiro atoms. The minimum atomic E-state index is -3.44. The molecular formula is C15H24N2O3S. The van der Waals surface area contributed by atoms with Crippen molar-refractivity contribution in [2.24, 2.45) is 0 Å². The first-order valence-electron chi connectivity index (χ1n) is 7.53. The second kappa shape index (κ2) is 7.24. The summed E-state index contributed by atoms with van der Waals surface area (Å²) in [7, 11) is -3.44. The van der Waals surface area contributed by atoms with Gasteiger partial charge < -0.3 is 10.1 Å². The average Bonchev–Trinajstić information content (AvgIpc) is 2.53. The van der Waals surface area contributed by atoms with Crippen LogP contribution in [0.5, 0.6) is 0 Å². The standard InChI is InChI=1S/C15H24N2O3S/c1-3-9-16-13-5-7-15(8-6-13)21(18,19)17-10-11-20-12-14(17)4-2/h5-8,14,16H,3-4,9-12H2,1-2H3. The summed E-state index contributed by atoms with van der Waals surface area (Å²) in [6, 6.07) is 6.93. The molecule has 118 valence electrons. The van der Waals surface area contributed by atoms with Gasteiger partial charge in [-0.2, -0.15) is 4.31 Å². The molecule has 6 heteroatoms. The highest BCUT2D eigenvalue weighted by atomic mass is 32.2. The molecule has 5 nitrogen and oxygen atoms in total. The minimum absolute atomic E-state index is 0.0679. The molecule has 1 fully saturated rings. The summed E-state index contributed by atoms with van der Waals surface area (Å²) >= 11 is 0. The maximum atomic E-state index is 12.7. The minimum Gasteiger partial charge on any atom is -0.385 e. The molecule has 1 heterocycles. The van der Waals surface area contributed by atoms with Crippen LogP contribution in [0, 0.1) is 0 Å². The highest BCUT2D eigenvalue weighted by molar-refractivity contribution is 7.89. The molecule has 2 rings (SSSR count). The van der Waals surface area contributed by atoms with Crippen molar-refractivity contribution in [3.63, 3.8) is 0 Å². The number of rotatable bonds is 6. The molecule has 0 amide bonds. The van der Waals surface area contributed by atoms with Crippen molar-refractivity contribution >= 4 is 15.7 Å². The van der Waals surface area contributed by atoms with Crippen molar-refractivity contribution in [1.82, 2.24) is 4.31 Å². The van der Waals surface area contributed by atoms with E-state index in [4.69, 9.17) is 4.74 Å². The van der Waals surface area contributed by atoms with Crippen LogP contribution in [0.2, 0.25) is 0 Å². The zero-order valence-corrected chi connectivity index (χ0v) is 13.5. The predicted molar refractivity (Wildman–Crippen MR) is 84.0 cm³/mol. The molecule has 1 aliphatic rings. The molecule has 1 unspecified atom stereocenters. The number of hydrogen-bond acceptors (Lipinski definition) is 4. The number of hydrogen-bond donors (Lipinski definition) is 1. The molecule has 1 aliphatic heterocycles. The third-order valence-electron chi connectivity index (χ3n) is 3.68. The first kappa shape index (κ1) is 16.3. The highest BCUT2D eigenvalue weighted by Crippen LogP contribution is 2.23. The van der Waals surface area contributed by atoms with Crippen LogP contribution in [-0.4, -0.2) is 45.1 Å². The lowest BCUT2D eigenvalue weighted by Gasteiger charge is -2.34. The van der Waals surface area contributed by atoms with Gasteiger partial charge in [-0.25, -0.2) is 8.42 Å². The lowest BCUT2D eigenvalue weighted by Crippen LogP contribution is -2.48. The van der Waals surface area contributed by atoms with Crippen LogP contribution in [-0.2, 0) is 14.8 Å². The van der Waals surface area contributed by atoms with Crippen LogP contribution in [0.3, 0.4) is 0 Å². The van der Waals surface area contributed by atoms with Gasteiger partial charge in [-0.15, -0.1) is 0 Å². The number of nitrogens with one attached hydrogen (secondary N) is 1. The number of ether oxygens (including phenoxy) is 1. The molecule has 0 aromatic heterocycles. The molecule has 1 aromatic carbocycles. The van der Waals surface area contributed by atoms with E-state index in [-0.39, 0.29) is 6.04 Å². The largest absolute Gasteiger partial charge is 0.385 e. The number of anilines is 1. The molecule has 21 heavy (non-hydrogen) atoms. The van der Waals surface area contributed by atoms with E-state index < -0.39 is 10.0 Å². The molecule has 1 saturated heterocycles. The molecule has 0 radical (unpaired) electrons. The van der Waals surface area contributed by atoms with Crippen molar-refractivity contribution in [2.75, 3.05) is 31.6 Å². The van der Waals surface area contributed by atoms with Gasteiger partial charge in [0.05, 0.1) is 18.1 Å². The Hall–Kier alpha value is -1.11.